The third-order valence-corrected chi connectivity index (χ3v) is 6.32. The van der Waals surface area contributed by atoms with Gasteiger partial charge in [-0.05, 0) is 42.5 Å². The van der Waals surface area contributed by atoms with Crippen LogP contribution in [0.25, 0.3) is 48.9 Å². The van der Waals surface area contributed by atoms with Crippen molar-refractivity contribution in [2.75, 3.05) is 0 Å². The van der Waals surface area contributed by atoms with E-state index in [1.54, 1.807) is 6.20 Å². The van der Waals surface area contributed by atoms with E-state index in [-0.39, 0.29) is 12.0 Å². The van der Waals surface area contributed by atoms with Crippen LogP contribution < -0.4 is 5.43 Å². The largest absolute Gasteiger partial charge is 0.465 e. The van der Waals surface area contributed by atoms with Crippen molar-refractivity contribution < 1.29 is 9.15 Å². The summed E-state index contributed by atoms with van der Waals surface area (Å²) in [4.78, 5) is 12.8. The van der Waals surface area contributed by atoms with E-state index < -0.39 is 0 Å². The number of para-hydroxylation sites is 1. The zero-order chi connectivity index (χ0) is 24.1. The minimum absolute atomic E-state index is 0.227. The Bertz CT molecular complexity index is 1850. The van der Waals surface area contributed by atoms with Crippen LogP contribution in [0, 0.1) is 6.57 Å². The molecule has 7 nitrogen and oxygen atoms in total. The standard InChI is InChI=1S/C29H17N5O2/c1-30-27-26-21(22-16-31-23-10-6-5-9-20(23)25(22)35-26)15-24(32-27)17-11-13-19(14-12-17)29-34-33-28(36-29)18-7-3-2-4-8-18/h2-16,28,33H. The van der Waals surface area contributed by atoms with E-state index in [9.17, 15) is 0 Å². The maximum atomic E-state index is 7.71. The maximum absolute atomic E-state index is 7.71. The maximum Gasteiger partial charge on any atom is 0.313 e. The Balaban J connectivity index is 1.26. The van der Waals surface area contributed by atoms with Crippen molar-refractivity contribution in [2.45, 2.75) is 6.23 Å². The topological polar surface area (TPSA) is 76.9 Å². The SMILES string of the molecule is [C-]#[N+]c1nc(-c2ccc(C3=NNC(c4ccccc4)O3)cc2)cc2c1oc1c3ccccc3ncc21. The fourth-order valence-corrected chi connectivity index (χ4v) is 4.53. The first-order valence-corrected chi connectivity index (χ1v) is 11.4. The number of rotatable bonds is 3. The molecule has 1 aliphatic heterocycles. The van der Waals surface area contributed by atoms with Crippen LogP contribution in [0.5, 0.6) is 0 Å². The second-order valence-corrected chi connectivity index (χ2v) is 8.47. The fourth-order valence-electron chi connectivity index (χ4n) is 4.53. The van der Waals surface area contributed by atoms with Crippen molar-refractivity contribution in [1.29, 1.82) is 0 Å². The zero-order valence-electron chi connectivity index (χ0n) is 18.8. The van der Waals surface area contributed by atoms with Gasteiger partial charge in [0.05, 0.1) is 5.52 Å². The summed E-state index contributed by atoms with van der Waals surface area (Å²) in [5.74, 6) is 0.754. The van der Waals surface area contributed by atoms with E-state index in [1.165, 1.54) is 0 Å². The lowest BCUT2D eigenvalue weighted by Gasteiger charge is -2.11. The molecule has 0 saturated carbocycles. The van der Waals surface area contributed by atoms with Crippen molar-refractivity contribution >= 4 is 44.6 Å². The van der Waals surface area contributed by atoms with Gasteiger partial charge >= 0.3 is 5.82 Å². The van der Waals surface area contributed by atoms with Crippen LogP contribution in [0.2, 0.25) is 0 Å². The highest BCUT2D eigenvalue weighted by atomic mass is 16.5. The van der Waals surface area contributed by atoms with Crippen LogP contribution in [-0.4, -0.2) is 15.9 Å². The van der Waals surface area contributed by atoms with Gasteiger partial charge in [-0.25, -0.2) is 0 Å². The molecule has 1 unspecified atom stereocenters. The predicted octanol–water partition coefficient (Wildman–Crippen LogP) is 6.73. The highest BCUT2D eigenvalue weighted by Gasteiger charge is 2.23. The molecule has 1 aliphatic rings. The summed E-state index contributed by atoms with van der Waals surface area (Å²) in [7, 11) is 0. The van der Waals surface area contributed by atoms with E-state index in [1.807, 2.05) is 84.9 Å². The number of pyridine rings is 2. The van der Waals surface area contributed by atoms with Crippen molar-refractivity contribution in [1.82, 2.24) is 15.4 Å². The van der Waals surface area contributed by atoms with Crippen molar-refractivity contribution in [3.8, 4) is 11.3 Å². The average molecular weight is 467 g/mol. The smallest absolute Gasteiger partial charge is 0.313 e. The summed E-state index contributed by atoms with van der Waals surface area (Å²) in [6.45, 7) is 7.71. The van der Waals surface area contributed by atoms with Gasteiger partial charge in [0.2, 0.25) is 12.1 Å². The number of hydrogen-bond donors (Lipinski definition) is 1. The number of hydrazone groups is 1. The van der Waals surface area contributed by atoms with Gasteiger partial charge in [-0.1, -0.05) is 49.0 Å². The summed E-state index contributed by atoms with van der Waals surface area (Å²) >= 11 is 0. The highest BCUT2D eigenvalue weighted by Crippen LogP contribution is 2.38. The Morgan fingerprint density at radius 2 is 1.58 bits per heavy atom. The second kappa shape index (κ2) is 7.93. The summed E-state index contributed by atoms with van der Waals surface area (Å²) in [5, 5.41) is 6.95. The average Bonchev–Trinajstić information content (AvgIpc) is 3.59. The first kappa shape index (κ1) is 20.2. The molecule has 4 heterocycles. The molecule has 3 aromatic heterocycles. The molecule has 0 amide bonds. The molecule has 1 atom stereocenters. The van der Waals surface area contributed by atoms with E-state index in [0.717, 1.165) is 38.4 Å². The molecule has 7 heteroatoms. The molecule has 0 aliphatic carbocycles. The molecule has 6 aromatic rings. The minimum Gasteiger partial charge on any atom is -0.465 e. The Morgan fingerprint density at radius 1 is 0.806 bits per heavy atom. The van der Waals surface area contributed by atoms with Gasteiger partial charge in [-0.2, -0.15) is 0 Å². The fraction of sp³-hybridized carbons (Fsp3) is 0.0345. The number of fused-ring (bicyclic) bond motifs is 5. The molecule has 0 fully saturated rings. The Labute approximate surface area is 205 Å². The molecule has 36 heavy (non-hydrogen) atoms. The zero-order valence-corrected chi connectivity index (χ0v) is 18.8. The molecule has 0 bridgehead atoms. The number of nitrogens with one attached hydrogen (secondary N) is 1. The van der Waals surface area contributed by atoms with Crippen molar-refractivity contribution in [2.24, 2.45) is 5.10 Å². The first-order chi connectivity index (χ1) is 17.8. The normalized spacial score (nSPS) is 15.0. The second-order valence-electron chi connectivity index (χ2n) is 8.47. The van der Waals surface area contributed by atoms with Gasteiger partial charge in [0.25, 0.3) is 0 Å². The Hall–Kier alpha value is -5.22. The van der Waals surface area contributed by atoms with Crippen molar-refractivity contribution in [3.63, 3.8) is 0 Å². The number of aromatic nitrogens is 2. The molecule has 3 aromatic carbocycles. The number of nitrogens with zero attached hydrogens (tertiary/aromatic N) is 4. The number of hydrogen-bond acceptors (Lipinski definition) is 6. The summed E-state index contributed by atoms with van der Waals surface area (Å²) < 4.78 is 12.2. The number of ether oxygens (including phenoxy) is 1. The van der Waals surface area contributed by atoms with Gasteiger partial charge in [0.1, 0.15) is 5.58 Å². The van der Waals surface area contributed by atoms with E-state index in [2.05, 4.69) is 25.3 Å². The van der Waals surface area contributed by atoms with E-state index >= 15 is 0 Å². The first-order valence-electron chi connectivity index (χ1n) is 11.4. The van der Waals surface area contributed by atoms with Crippen LogP contribution in [0.15, 0.2) is 101 Å². The van der Waals surface area contributed by atoms with Crippen LogP contribution in [0.1, 0.15) is 17.4 Å². The van der Waals surface area contributed by atoms with Crippen molar-refractivity contribution in [3.05, 3.63) is 114 Å². The van der Waals surface area contributed by atoms with E-state index in [0.29, 0.717) is 22.8 Å². The number of furan rings is 1. The van der Waals surface area contributed by atoms with Crippen LogP contribution in [0.4, 0.5) is 5.82 Å². The van der Waals surface area contributed by atoms with Crippen LogP contribution in [-0.2, 0) is 4.74 Å². The molecule has 1 N–H and O–H groups in total. The number of benzene rings is 3. The van der Waals surface area contributed by atoms with Crippen LogP contribution in [0.3, 0.4) is 0 Å². The molecular formula is C29H17N5O2. The molecular weight excluding hydrogens is 450 g/mol. The predicted molar refractivity (Wildman–Crippen MR) is 138 cm³/mol. The monoisotopic (exact) mass is 467 g/mol. The minimum atomic E-state index is -0.315. The lowest BCUT2D eigenvalue weighted by Crippen LogP contribution is -2.12. The third kappa shape index (κ3) is 3.16. The molecule has 0 saturated heterocycles. The van der Waals surface area contributed by atoms with Gasteiger partial charge in [-0.15, -0.1) is 10.1 Å². The van der Waals surface area contributed by atoms with E-state index in [4.69, 9.17) is 15.7 Å². The van der Waals surface area contributed by atoms with Crippen LogP contribution >= 0.6 is 0 Å². The third-order valence-electron chi connectivity index (χ3n) is 6.32. The van der Waals surface area contributed by atoms with Gasteiger partial charge < -0.3 is 14.0 Å². The molecule has 0 spiro atoms. The molecule has 7 rings (SSSR count). The quantitative estimate of drug-likeness (QED) is 0.292. The summed E-state index contributed by atoms with van der Waals surface area (Å²) in [6, 6.07) is 27.4. The van der Waals surface area contributed by atoms with Gasteiger partial charge in [0, 0.05) is 39.0 Å². The molecule has 0 radical (unpaired) electrons. The summed E-state index contributed by atoms with van der Waals surface area (Å²) in [6.07, 6.45) is 1.49. The highest BCUT2D eigenvalue weighted by molar-refractivity contribution is 6.16. The van der Waals surface area contributed by atoms with Gasteiger partial charge in [0.15, 0.2) is 11.3 Å². The lowest BCUT2D eigenvalue weighted by atomic mass is 10.1. The lowest BCUT2D eigenvalue weighted by molar-refractivity contribution is 0.192. The molecule has 170 valence electrons. The Morgan fingerprint density at radius 3 is 2.42 bits per heavy atom. The Kier molecular flexibility index (Phi) is 4.44. The summed E-state index contributed by atoms with van der Waals surface area (Å²) in [5.41, 5.74) is 8.49. The van der Waals surface area contributed by atoms with Gasteiger partial charge in [-0.3, -0.25) is 10.4 Å².